The van der Waals surface area contributed by atoms with E-state index in [0.717, 1.165) is 0 Å². The Bertz CT molecular complexity index is 379. The van der Waals surface area contributed by atoms with E-state index in [2.05, 4.69) is 0 Å². The molecule has 1 heterocycles. The van der Waals surface area contributed by atoms with Crippen molar-refractivity contribution < 1.29 is 14.7 Å². The molecule has 0 aromatic carbocycles. The van der Waals surface area contributed by atoms with Crippen molar-refractivity contribution in [3.63, 3.8) is 0 Å². The van der Waals surface area contributed by atoms with Crippen LogP contribution in [0.5, 0.6) is 0 Å². The number of hydrogen-bond acceptors (Lipinski definition) is 4. The fourth-order valence-corrected chi connectivity index (χ4v) is 3.64. The number of thioether (sulfide) groups is 1. The third-order valence-electron chi connectivity index (χ3n) is 3.69. The molecule has 1 saturated heterocycles. The maximum atomic E-state index is 12.5. The highest BCUT2D eigenvalue weighted by molar-refractivity contribution is 8.00. The standard InChI is InChI=1S/C14H26N2O3S/c1-8(2)12-16(9(7-20-12)13(18)19)11(17)6-10(15)14(3,4)5/h8-10,12H,6-7,15H2,1-5H3,(H,18,19). The van der Waals surface area contributed by atoms with Crippen LogP contribution >= 0.6 is 11.8 Å². The highest BCUT2D eigenvalue weighted by atomic mass is 32.2. The lowest BCUT2D eigenvalue weighted by atomic mass is 9.85. The number of amides is 1. The second-order valence-corrected chi connectivity index (χ2v) is 7.95. The molecule has 0 saturated carbocycles. The van der Waals surface area contributed by atoms with Gasteiger partial charge in [0, 0.05) is 18.2 Å². The maximum Gasteiger partial charge on any atom is 0.327 e. The summed E-state index contributed by atoms with van der Waals surface area (Å²) in [6, 6.07) is -1.00. The Balaban J connectivity index is 2.87. The van der Waals surface area contributed by atoms with Gasteiger partial charge in [-0.05, 0) is 11.3 Å². The summed E-state index contributed by atoms with van der Waals surface area (Å²) in [4.78, 5) is 25.4. The molecule has 0 aromatic rings. The molecule has 5 nitrogen and oxygen atoms in total. The van der Waals surface area contributed by atoms with Gasteiger partial charge in [0.1, 0.15) is 6.04 Å². The summed E-state index contributed by atoms with van der Waals surface area (Å²) in [6.07, 6.45) is 0.192. The number of carboxylic acid groups (broad SMARTS) is 1. The summed E-state index contributed by atoms with van der Waals surface area (Å²) < 4.78 is 0. The molecule has 0 radical (unpaired) electrons. The second-order valence-electron chi connectivity index (χ2n) is 6.80. The average molecular weight is 302 g/mol. The van der Waals surface area contributed by atoms with Gasteiger partial charge in [0.15, 0.2) is 0 Å². The lowest BCUT2D eigenvalue weighted by Gasteiger charge is -2.33. The zero-order valence-corrected chi connectivity index (χ0v) is 13.7. The first-order chi connectivity index (χ1) is 9.05. The Kier molecular flexibility index (Phi) is 5.49. The maximum absolute atomic E-state index is 12.5. The third kappa shape index (κ3) is 3.88. The zero-order valence-electron chi connectivity index (χ0n) is 12.9. The molecule has 0 aliphatic carbocycles. The minimum absolute atomic E-state index is 0.0734. The minimum atomic E-state index is -0.932. The van der Waals surface area contributed by atoms with E-state index in [1.165, 1.54) is 4.90 Å². The van der Waals surface area contributed by atoms with Crippen molar-refractivity contribution in [2.24, 2.45) is 17.1 Å². The summed E-state index contributed by atoms with van der Waals surface area (Å²) >= 11 is 1.54. The topological polar surface area (TPSA) is 83.6 Å². The van der Waals surface area contributed by atoms with Gasteiger partial charge in [0.05, 0.1) is 5.37 Å². The lowest BCUT2D eigenvalue weighted by Crippen LogP contribution is -2.50. The summed E-state index contributed by atoms with van der Waals surface area (Å²) in [7, 11) is 0. The van der Waals surface area contributed by atoms with Crippen LogP contribution in [-0.4, -0.2) is 45.1 Å². The molecule has 1 fully saturated rings. The lowest BCUT2D eigenvalue weighted by molar-refractivity contribution is -0.149. The van der Waals surface area contributed by atoms with Crippen molar-refractivity contribution in [3.05, 3.63) is 0 Å². The van der Waals surface area contributed by atoms with E-state index in [1.54, 1.807) is 11.8 Å². The molecule has 1 amide bonds. The molecule has 3 atom stereocenters. The smallest absolute Gasteiger partial charge is 0.327 e. The Morgan fingerprint density at radius 3 is 2.35 bits per heavy atom. The first-order valence-corrected chi connectivity index (χ1v) is 8.01. The summed E-state index contributed by atoms with van der Waals surface area (Å²) in [5.74, 6) is -0.407. The third-order valence-corrected chi connectivity index (χ3v) is 5.31. The molecule has 20 heavy (non-hydrogen) atoms. The predicted octanol–water partition coefficient (Wildman–Crippen LogP) is 1.76. The molecule has 0 spiro atoms. The van der Waals surface area contributed by atoms with Crippen molar-refractivity contribution >= 4 is 23.6 Å². The van der Waals surface area contributed by atoms with E-state index < -0.39 is 12.0 Å². The monoisotopic (exact) mass is 302 g/mol. The van der Waals surface area contributed by atoms with Crippen molar-refractivity contribution in [3.8, 4) is 0 Å². The predicted molar refractivity (Wildman–Crippen MR) is 81.4 cm³/mol. The number of hydrogen-bond donors (Lipinski definition) is 2. The van der Waals surface area contributed by atoms with Crippen LogP contribution in [0, 0.1) is 11.3 Å². The highest BCUT2D eigenvalue weighted by Gasteiger charge is 2.43. The highest BCUT2D eigenvalue weighted by Crippen LogP contribution is 2.35. The molecule has 3 unspecified atom stereocenters. The van der Waals surface area contributed by atoms with Crippen molar-refractivity contribution in [1.29, 1.82) is 0 Å². The van der Waals surface area contributed by atoms with Crippen LogP contribution in [0.4, 0.5) is 0 Å². The van der Waals surface area contributed by atoms with Gasteiger partial charge >= 0.3 is 5.97 Å². The Labute approximate surface area is 125 Å². The van der Waals surface area contributed by atoms with Crippen LogP contribution < -0.4 is 5.73 Å². The van der Waals surface area contributed by atoms with Crippen molar-refractivity contribution in [2.75, 3.05) is 5.75 Å². The fourth-order valence-electron chi connectivity index (χ4n) is 2.15. The fraction of sp³-hybridized carbons (Fsp3) is 0.857. The molecular formula is C14H26N2O3S. The molecule has 116 valence electrons. The molecule has 3 N–H and O–H groups in total. The Morgan fingerprint density at radius 1 is 1.40 bits per heavy atom. The number of carbonyl (C=O) groups is 2. The average Bonchev–Trinajstić information content (AvgIpc) is 2.71. The zero-order chi connectivity index (χ0) is 15.7. The van der Waals surface area contributed by atoms with Gasteiger partial charge in [-0.3, -0.25) is 4.79 Å². The largest absolute Gasteiger partial charge is 0.480 e. The van der Waals surface area contributed by atoms with Crippen molar-refractivity contribution in [1.82, 2.24) is 4.90 Å². The molecule has 0 aromatic heterocycles. The number of nitrogens with two attached hydrogens (primary N) is 1. The number of nitrogens with zero attached hydrogens (tertiary/aromatic N) is 1. The van der Waals surface area contributed by atoms with E-state index in [0.29, 0.717) is 5.75 Å². The van der Waals surface area contributed by atoms with Crippen LogP contribution in [0.2, 0.25) is 0 Å². The van der Waals surface area contributed by atoms with Crippen LogP contribution in [0.15, 0.2) is 0 Å². The molecule has 1 rings (SSSR count). The van der Waals surface area contributed by atoms with E-state index in [-0.39, 0.29) is 35.1 Å². The van der Waals surface area contributed by atoms with Gasteiger partial charge in [-0.2, -0.15) is 0 Å². The quantitative estimate of drug-likeness (QED) is 0.826. The number of rotatable bonds is 4. The van der Waals surface area contributed by atoms with Gasteiger partial charge in [0.25, 0.3) is 0 Å². The minimum Gasteiger partial charge on any atom is -0.480 e. The summed E-state index contributed by atoms with van der Waals surface area (Å²) in [5, 5.41) is 9.21. The molecule has 0 bridgehead atoms. The van der Waals surface area contributed by atoms with E-state index in [1.807, 2.05) is 34.6 Å². The summed E-state index contributed by atoms with van der Waals surface area (Å²) in [5.41, 5.74) is 5.89. The Morgan fingerprint density at radius 2 is 1.95 bits per heavy atom. The van der Waals surface area contributed by atoms with Crippen LogP contribution in [0.1, 0.15) is 41.0 Å². The Hall–Kier alpha value is -0.750. The van der Waals surface area contributed by atoms with Crippen LogP contribution in [0.25, 0.3) is 0 Å². The number of aliphatic carboxylic acids is 1. The number of carboxylic acids is 1. The van der Waals surface area contributed by atoms with E-state index in [4.69, 9.17) is 5.73 Å². The van der Waals surface area contributed by atoms with Gasteiger partial charge < -0.3 is 15.7 Å². The second kappa shape index (κ2) is 6.35. The molecular weight excluding hydrogens is 276 g/mol. The van der Waals surface area contributed by atoms with E-state index in [9.17, 15) is 14.7 Å². The molecule has 1 aliphatic heterocycles. The van der Waals surface area contributed by atoms with Gasteiger partial charge in [-0.1, -0.05) is 34.6 Å². The van der Waals surface area contributed by atoms with Gasteiger partial charge in [-0.15, -0.1) is 11.8 Å². The SMILES string of the molecule is CC(C)C1SCC(C(=O)O)N1C(=O)CC(N)C(C)(C)C. The van der Waals surface area contributed by atoms with Gasteiger partial charge in [0.2, 0.25) is 5.91 Å². The van der Waals surface area contributed by atoms with Crippen molar-refractivity contribution in [2.45, 2.75) is 58.5 Å². The van der Waals surface area contributed by atoms with Crippen LogP contribution in [-0.2, 0) is 9.59 Å². The molecule has 1 aliphatic rings. The van der Waals surface area contributed by atoms with Crippen LogP contribution in [0.3, 0.4) is 0 Å². The normalized spacial score (nSPS) is 25.1. The van der Waals surface area contributed by atoms with Gasteiger partial charge in [-0.25, -0.2) is 4.79 Å². The number of carbonyl (C=O) groups excluding carboxylic acids is 1. The molecule has 6 heteroatoms. The first kappa shape index (κ1) is 17.3. The summed E-state index contributed by atoms with van der Waals surface area (Å²) in [6.45, 7) is 9.96. The first-order valence-electron chi connectivity index (χ1n) is 6.97. The van der Waals surface area contributed by atoms with E-state index >= 15 is 0 Å².